The van der Waals surface area contributed by atoms with Crippen LogP contribution in [0.15, 0.2) is 0 Å². The van der Waals surface area contributed by atoms with Gasteiger partial charge in [0.1, 0.15) is 6.04 Å². The molecule has 0 aromatic heterocycles. The van der Waals surface area contributed by atoms with E-state index in [1.165, 1.54) is 32.1 Å². The Morgan fingerprint density at radius 2 is 1.71 bits per heavy atom. The number of carbonyl (C=O) groups is 1. The van der Waals surface area contributed by atoms with E-state index in [1.54, 1.807) is 0 Å². The van der Waals surface area contributed by atoms with Gasteiger partial charge in [0.2, 0.25) is 5.91 Å². The third kappa shape index (κ3) is 2.31. The predicted octanol–water partition coefficient (Wildman–Crippen LogP) is 2.55. The number of hydrogen-bond donors (Lipinski definition) is 1. The second-order valence-electron chi connectivity index (χ2n) is 9.28. The maximum atomic E-state index is 12.9. The van der Waals surface area contributed by atoms with Crippen LogP contribution in [0.4, 0.5) is 0 Å². The van der Waals surface area contributed by atoms with Crippen molar-refractivity contribution < 1.29 is 4.79 Å². The van der Waals surface area contributed by atoms with Gasteiger partial charge < -0.3 is 10.2 Å². The molecule has 0 aromatic rings. The number of carbonyl (C=O) groups excluding carboxylic acids is 1. The van der Waals surface area contributed by atoms with Crippen LogP contribution < -0.4 is 5.32 Å². The van der Waals surface area contributed by atoms with Crippen molar-refractivity contribution in [2.75, 3.05) is 13.1 Å². The Morgan fingerprint density at radius 1 is 1.00 bits per heavy atom. The molecule has 2 aliphatic heterocycles. The Balaban J connectivity index is 1.26. The van der Waals surface area contributed by atoms with Crippen molar-refractivity contribution in [3.8, 4) is 6.07 Å². The lowest BCUT2D eigenvalue weighted by molar-refractivity contribution is -0.133. The minimum Gasteiger partial charge on any atom is -0.325 e. The van der Waals surface area contributed by atoms with E-state index < -0.39 is 0 Å². The topological polar surface area (TPSA) is 56.1 Å². The predicted molar refractivity (Wildman–Crippen MR) is 90.8 cm³/mol. The summed E-state index contributed by atoms with van der Waals surface area (Å²) >= 11 is 0. The Morgan fingerprint density at radius 3 is 2.38 bits per heavy atom. The summed E-state index contributed by atoms with van der Waals surface area (Å²) in [6.07, 6.45) is 10.2. The van der Waals surface area contributed by atoms with E-state index in [2.05, 4.69) is 11.4 Å². The maximum absolute atomic E-state index is 12.9. The Bertz CT molecular complexity index is 540. The lowest BCUT2D eigenvalue weighted by atomic mass is 9.49. The summed E-state index contributed by atoms with van der Waals surface area (Å²) in [5, 5.41) is 12.8. The second-order valence-corrected chi connectivity index (χ2v) is 9.28. The lowest BCUT2D eigenvalue weighted by Crippen LogP contribution is -2.48. The smallest absolute Gasteiger partial charge is 0.240 e. The van der Waals surface area contributed by atoms with Gasteiger partial charge in [0.05, 0.1) is 12.1 Å². The van der Waals surface area contributed by atoms with Crippen molar-refractivity contribution in [2.24, 2.45) is 35.5 Å². The Labute approximate surface area is 145 Å². The first-order valence-corrected chi connectivity index (χ1v) is 10.2. The first-order chi connectivity index (χ1) is 11.7. The van der Waals surface area contributed by atoms with Gasteiger partial charge in [0.25, 0.3) is 0 Å². The first-order valence-electron chi connectivity index (χ1n) is 10.2. The largest absolute Gasteiger partial charge is 0.325 e. The quantitative estimate of drug-likeness (QED) is 0.848. The Hall–Kier alpha value is -1.08. The molecule has 24 heavy (non-hydrogen) atoms. The summed E-state index contributed by atoms with van der Waals surface area (Å²) in [6, 6.07) is 2.10. The zero-order chi connectivity index (χ0) is 16.3. The zero-order valence-electron chi connectivity index (χ0n) is 14.5. The van der Waals surface area contributed by atoms with Crippen LogP contribution in [-0.2, 0) is 4.79 Å². The molecule has 1 amide bonds. The van der Waals surface area contributed by atoms with Gasteiger partial charge in [-0.05, 0) is 93.4 Å². The van der Waals surface area contributed by atoms with Gasteiger partial charge in [0, 0.05) is 6.54 Å². The zero-order valence-corrected chi connectivity index (χ0v) is 14.5. The van der Waals surface area contributed by atoms with Crippen molar-refractivity contribution >= 4 is 5.91 Å². The second kappa shape index (κ2) is 5.73. The highest BCUT2D eigenvalue weighted by Gasteiger charge is 2.52. The summed E-state index contributed by atoms with van der Waals surface area (Å²) in [7, 11) is 0. The summed E-state index contributed by atoms with van der Waals surface area (Å²) < 4.78 is 0. The SMILES string of the molecule is N#C[C@@H]1CCCN1C(=O)[C@@H]1C[C@H](C2C3CC4CC(C3)CC2C4)CN1. The molecule has 4 bridgehead atoms. The molecule has 6 rings (SSSR count). The van der Waals surface area contributed by atoms with Crippen LogP contribution in [0.3, 0.4) is 0 Å². The number of nitrogens with one attached hydrogen (secondary N) is 1. The Kier molecular flexibility index (Phi) is 3.63. The van der Waals surface area contributed by atoms with Crippen LogP contribution in [0.2, 0.25) is 0 Å². The van der Waals surface area contributed by atoms with Crippen LogP contribution in [-0.4, -0.2) is 36.0 Å². The van der Waals surface area contributed by atoms with E-state index in [-0.39, 0.29) is 18.0 Å². The molecule has 0 aromatic carbocycles. The maximum Gasteiger partial charge on any atom is 0.240 e. The molecule has 4 saturated carbocycles. The standard InChI is InChI=1S/C20H29N3O/c21-10-17-2-1-3-23(17)20(24)18-9-16(11-22-18)19-14-5-12-4-13(7-14)8-15(19)6-12/h12-19,22H,1-9,11H2/t12?,13?,14?,15?,16-,17-,18-,19?/m0/s1. The molecular weight excluding hydrogens is 298 g/mol. The van der Waals surface area contributed by atoms with Gasteiger partial charge in [-0.2, -0.15) is 5.26 Å². The molecule has 1 N–H and O–H groups in total. The summed E-state index contributed by atoms with van der Waals surface area (Å²) in [5.74, 6) is 5.70. The van der Waals surface area contributed by atoms with Crippen LogP contribution in [0.5, 0.6) is 0 Å². The van der Waals surface area contributed by atoms with Gasteiger partial charge >= 0.3 is 0 Å². The highest BCUT2D eigenvalue weighted by Crippen LogP contribution is 2.59. The van der Waals surface area contributed by atoms with E-state index in [0.717, 1.165) is 61.9 Å². The molecule has 130 valence electrons. The van der Waals surface area contributed by atoms with Gasteiger partial charge in [-0.1, -0.05) is 0 Å². The van der Waals surface area contributed by atoms with Gasteiger partial charge in [-0.15, -0.1) is 0 Å². The average molecular weight is 327 g/mol. The van der Waals surface area contributed by atoms with E-state index in [1.807, 2.05) is 4.90 Å². The number of rotatable bonds is 2. The van der Waals surface area contributed by atoms with E-state index in [4.69, 9.17) is 0 Å². The van der Waals surface area contributed by atoms with Crippen molar-refractivity contribution in [3.63, 3.8) is 0 Å². The normalized spacial score (nSPS) is 49.5. The van der Waals surface area contributed by atoms with Gasteiger partial charge in [0.15, 0.2) is 0 Å². The molecule has 6 fully saturated rings. The average Bonchev–Trinajstić information content (AvgIpc) is 3.22. The molecule has 3 atom stereocenters. The number of nitrogens with zero attached hydrogens (tertiary/aromatic N) is 2. The summed E-state index contributed by atoms with van der Waals surface area (Å²) in [4.78, 5) is 14.7. The van der Waals surface area contributed by atoms with Crippen molar-refractivity contribution in [1.82, 2.24) is 10.2 Å². The minimum absolute atomic E-state index is 0.0267. The van der Waals surface area contributed by atoms with Crippen molar-refractivity contribution in [1.29, 1.82) is 5.26 Å². The molecular formula is C20H29N3O. The van der Waals surface area contributed by atoms with Crippen molar-refractivity contribution in [2.45, 2.75) is 63.5 Å². The third-order valence-corrected chi connectivity index (χ3v) is 7.99. The lowest BCUT2D eigenvalue weighted by Gasteiger charge is -2.56. The molecule has 0 unspecified atom stereocenters. The fraction of sp³-hybridized carbons (Fsp3) is 0.900. The molecule has 0 radical (unpaired) electrons. The summed E-state index contributed by atoms with van der Waals surface area (Å²) in [6.45, 7) is 1.80. The van der Waals surface area contributed by atoms with Crippen LogP contribution >= 0.6 is 0 Å². The molecule has 4 heteroatoms. The number of amides is 1. The number of nitriles is 1. The third-order valence-electron chi connectivity index (χ3n) is 7.99. The van der Waals surface area contributed by atoms with E-state index in [0.29, 0.717) is 5.92 Å². The highest BCUT2D eigenvalue weighted by molar-refractivity contribution is 5.83. The molecule has 2 saturated heterocycles. The van der Waals surface area contributed by atoms with Crippen molar-refractivity contribution in [3.05, 3.63) is 0 Å². The minimum atomic E-state index is -0.181. The molecule has 0 spiro atoms. The van der Waals surface area contributed by atoms with Gasteiger partial charge in [-0.25, -0.2) is 0 Å². The van der Waals surface area contributed by atoms with E-state index >= 15 is 0 Å². The molecule has 4 nitrogen and oxygen atoms in total. The molecule has 4 aliphatic carbocycles. The van der Waals surface area contributed by atoms with Gasteiger partial charge in [-0.3, -0.25) is 4.79 Å². The van der Waals surface area contributed by atoms with Crippen LogP contribution in [0.25, 0.3) is 0 Å². The monoisotopic (exact) mass is 327 g/mol. The fourth-order valence-electron chi connectivity index (χ4n) is 7.35. The highest BCUT2D eigenvalue weighted by atomic mass is 16.2. The van der Waals surface area contributed by atoms with Crippen LogP contribution in [0.1, 0.15) is 51.4 Å². The van der Waals surface area contributed by atoms with Crippen LogP contribution in [0, 0.1) is 46.8 Å². The molecule has 6 aliphatic rings. The summed E-state index contributed by atoms with van der Waals surface area (Å²) in [5.41, 5.74) is 0. The van der Waals surface area contributed by atoms with E-state index in [9.17, 15) is 10.1 Å². The number of likely N-dealkylation sites (tertiary alicyclic amines) is 1. The first kappa shape index (κ1) is 15.2. The number of hydrogen-bond acceptors (Lipinski definition) is 3. The molecule has 2 heterocycles. The fourth-order valence-corrected chi connectivity index (χ4v) is 7.35.